The second kappa shape index (κ2) is 5.60. The molecule has 1 saturated heterocycles. The summed E-state index contributed by atoms with van der Waals surface area (Å²) in [7, 11) is 0. The zero-order chi connectivity index (χ0) is 12.3. The summed E-state index contributed by atoms with van der Waals surface area (Å²) >= 11 is 1.58. The van der Waals surface area contributed by atoms with Crippen LogP contribution in [0.25, 0.3) is 0 Å². The molecule has 1 aromatic rings. The van der Waals surface area contributed by atoms with E-state index in [4.69, 9.17) is 0 Å². The van der Waals surface area contributed by atoms with Gasteiger partial charge in [0.25, 0.3) is 0 Å². The Morgan fingerprint density at radius 2 is 2.24 bits per heavy atom. The highest BCUT2D eigenvalue weighted by molar-refractivity contribution is 7.07. The molecule has 2 unspecified atom stereocenters. The maximum absolute atomic E-state index is 12.1. The fourth-order valence-electron chi connectivity index (χ4n) is 2.28. The summed E-state index contributed by atoms with van der Waals surface area (Å²) in [6.07, 6.45) is 1.33. The van der Waals surface area contributed by atoms with Gasteiger partial charge < -0.3 is 10.2 Å². The Hall–Kier alpha value is -0.940. The van der Waals surface area contributed by atoms with E-state index in [0.717, 1.165) is 25.2 Å². The predicted molar refractivity (Wildman–Crippen MR) is 69.1 cm³/mol. The van der Waals surface area contributed by atoms with Crippen molar-refractivity contribution >= 4 is 17.2 Å². The SMILES string of the molecule is CC1CN(C(=O)CCc2cscn2)CC(C)N1. The van der Waals surface area contributed by atoms with Crippen LogP contribution in [0.15, 0.2) is 10.9 Å². The summed E-state index contributed by atoms with van der Waals surface area (Å²) < 4.78 is 0. The van der Waals surface area contributed by atoms with E-state index in [2.05, 4.69) is 24.1 Å². The summed E-state index contributed by atoms with van der Waals surface area (Å²) in [6.45, 7) is 5.88. The highest BCUT2D eigenvalue weighted by atomic mass is 32.1. The van der Waals surface area contributed by atoms with Gasteiger partial charge in [-0.15, -0.1) is 11.3 Å². The molecule has 0 spiro atoms. The van der Waals surface area contributed by atoms with Crippen molar-refractivity contribution in [3.8, 4) is 0 Å². The van der Waals surface area contributed by atoms with Crippen molar-refractivity contribution in [1.82, 2.24) is 15.2 Å². The Morgan fingerprint density at radius 1 is 1.53 bits per heavy atom. The summed E-state index contributed by atoms with van der Waals surface area (Å²) in [5, 5.41) is 5.44. The largest absolute Gasteiger partial charge is 0.340 e. The molecule has 1 aliphatic rings. The number of hydrogen-bond acceptors (Lipinski definition) is 4. The first-order valence-electron chi connectivity index (χ1n) is 6.06. The van der Waals surface area contributed by atoms with Gasteiger partial charge in [0.2, 0.25) is 5.91 Å². The van der Waals surface area contributed by atoms with Crippen LogP contribution in [0.1, 0.15) is 26.0 Å². The minimum atomic E-state index is 0.248. The number of carbonyl (C=O) groups excluding carboxylic acids is 1. The third kappa shape index (κ3) is 3.51. The minimum absolute atomic E-state index is 0.248. The third-order valence-electron chi connectivity index (χ3n) is 2.99. The van der Waals surface area contributed by atoms with Crippen LogP contribution in [0, 0.1) is 0 Å². The molecule has 0 radical (unpaired) electrons. The average Bonchev–Trinajstić information content (AvgIpc) is 2.77. The molecule has 2 rings (SSSR count). The lowest BCUT2D eigenvalue weighted by Gasteiger charge is -2.36. The number of carbonyl (C=O) groups is 1. The average molecular weight is 253 g/mol. The second-order valence-electron chi connectivity index (χ2n) is 4.75. The monoisotopic (exact) mass is 253 g/mol. The minimum Gasteiger partial charge on any atom is -0.340 e. The molecule has 1 fully saturated rings. The van der Waals surface area contributed by atoms with Crippen LogP contribution < -0.4 is 5.32 Å². The summed E-state index contributed by atoms with van der Waals surface area (Å²) in [5.41, 5.74) is 2.84. The number of amides is 1. The molecule has 0 aliphatic carbocycles. The summed E-state index contributed by atoms with van der Waals surface area (Å²) in [4.78, 5) is 18.2. The lowest BCUT2D eigenvalue weighted by molar-refractivity contribution is -0.132. The Balaban J connectivity index is 1.83. The van der Waals surface area contributed by atoms with Gasteiger partial charge in [-0.2, -0.15) is 0 Å². The summed E-state index contributed by atoms with van der Waals surface area (Å²) in [6, 6.07) is 0.781. The molecule has 1 amide bonds. The lowest BCUT2D eigenvalue weighted by atomic mass is 10.1. The third-order valence-corrected chi connectivity index (χ3v) is 3.62. The zero-order valence-electron chi connectivity index (χ0n) is 10.3. The van der Waals surface area contributed by atoms with Gasteiger partial charge in [0.15, 0.2) is 0 Å². The lowest BCUT2D eigenvalue weighted by Crippen LogP contribution is -2.55. The number of nitrogens with zero attached hydrogens (tertiary/aromatic N) is 2. The van der Waals surface area contributed by atoms with E-state index in [9.17, 15) is 4.79 Å². The van der Waals surface area contributed by atoms with Gasteiger partial charge >= 0.3 is 0 Å². The molecule has 4 nitrogen and oxygen atoms in total. The first-order valence-corrected chi connectivity index (χ1v) is 7.00. The van der Waals surface area contributed by atoms with Crippen molar-refractivity contribution in [2.75, 3.05) is 13.1 Å². The Morgan fingerprint density at radius 3 is 2.82 bits per heavy atom. The predicted octanol–water partition coefficient (Wildman–Crippen LogP) is 1.28. The van der Waals surface area contributed by atoms with E-state index < -0.39 is 0 Å². The second-order valence-corrected chi connectivity index (χ2v) is 5.47. The van der Waals surface area contributed by atoms with Gasteiger partial charge in [0.05, 0.1) is 11.2 Å². The van der Waals surface area contributed by atoms with Crippen LogP contribution in [0.4, 0.5) is 0 Å². The number of thiazole rings is 1. The number of aryl methyl sites for hydroxylation is 1. The van der Waals surface area contributed by atoms with E-state index in [-0.39, 0.29) is 5.91 Å². The molecular formula is C12H19N3OS. The molecule has 0 aromatic carbocycles. The molecule has 5 heteroatoms. The van der Waals surface area contributed by atoms with E-state index in [0.29, 0.717) is 18.5 Å². The molecule has 1 aliphatic heterocycles. The molecular weight excluding hydrogens is 234 g/mol. The van der Waals surface area contributed by atoms with Gasteiger partial charge in [-0.3, -0.25) is 4.79 Å². The van der Waals surface area contributed by atoms with Crippen LogP contribution >= 0.6 is 11.3 Å². The van der Waals surface area contributed by atoms with E-state index in [1.165, 1.54) is 0 Å². The first kappa shape index (κ1) is 12.5. The van der Waals surface area contributed by atoms with E-state index in [1.54, 1.807) is 11.3 Å². The molecule has 94 valence electrons. The fraction of sp³-hybridized carbons (Fsp3) is 0.667. The van der Waals surface area contributed by atoms with Gasteiger partial charge in [-0.1, -0.05) is 0 Å². The van der Waals surface area contributed by atoms with Crippen molar-refractivity contribution in [2.24, 2.45) is 0 Å². The first-order chi connectivity index (χ1) is 8.15. The van der Waals surface area contributed by atoms with E-state index >= 15 is 0 Å². The highest BCUT2D eigenvalue weighted by Crippen LogP contribution is 2.09. The standard InChI is InChI=1S/C12H19N3OS/c1-9-5-15(6-10(2)14-9)12(16)4-3-11-7-17-8-13-11/h7-10,14H,3-6H2,1-2H3. The maximum atomic E-state index is 12.1. The molecule has 1 aromatic heterocycles. The van der Waals surface area contributed by atoms with E-state index in [1.807, 2.05) is 15.8 Å². The summed E-state index contributed by atoms with van der Waals surface area (Å²) in [5.74, 6) is 0.248. The number of piperazine rings is 1. The Labute approximate surface area is 106 Å². The molecule has 2 atom stereocenters. The van der Waals surface area contributed by atoms with Crippen molar-refractivity contribution in [3.05, 3.63) is 16.6 Å². The fourth-order valence-corrected chi connectivity index (χ4v) is 2.88. The Bertz CT molecular complexity index is 356. The van der Waals surface area contributed by atoms with Crippen LogP contribution in [0.3, 0.4) is 0 Å². The topological polar surface area (TPSA) is 45.2 Å². The van der Waals surface area contributed by atoms with Gasteiger partial charge in [-0.25, -0.2) is 4.98 Å². The zero-order valence-corrected chi connectivity index (χ0v) is 11.2. The van der Waals surface area contributed by atoms with Crippen molar-refractivity contribution in [1.29, 1.82) is 0 Å². The molecule has 2 heterocycles. The molecule has 17 heavy (non-hydrogen) atoms. The highest BCUT2D eigenvalue weighted by Gasteiger charge is 2.24. The smallest absolute Gasteiger partial charge is 0.223 e. The van der Waals surface area contributed by atoms with Crippen molar-refractivity contribution < 1.29 is 4.79 Å². The molecule has 0 saturated carbocycles. The van der Waals surface area contributed by atoms with Gasteiger partial charge in [0, 0.05) is 37.0 Å². The number of aromatic nitrogens is 1. The van der Waals surface area contributed by atoms with Gasteiger partial charge in [-0.05, 0) is 20.3 Å². The van der Waals surface area contributed by atoms with Crippen molar-refractivity contribution in [2.45, 2.75) is 38.8 Å². The van der Waals surface area contributed by atoms with Crippen LogP contribution in [-0.2, 0) is 11.2 Å². The van der Waals surface area contributed by atoms with Crippen LogP contribution in [0.2, 0.25) is 0 Å². The van der Waals surface area contributed by atoms with Crippen LogP contribution in [0.5, 0.6) is 0 Å². The van der Waals surface area contributed by atoms with Crippen molar-refractivity contribution in [3.63, 3.8) is 0 Å². The molecule has 0 bridgehead atoms. The normalized spacial score (nSPS) is 24.9. The van der Waals surface area contributed by atoms with Crippen LogP contribution in [-0.4, -0.2) is 41.0 Å². The Kier molecular flexibility index (Phi) is 4.12. The molecule has 1 N–H and O–H groups in total. The van der Waals surface area contributed by atoms with Gasteiger partial charge in [0.1, 0.15) is 0 Å². The number of nitrogens with one attached hydrogen (secondary N) is 1. The maximum Gasteiger partial charge on any atom is 0.223 e. The quantitative estimate of drug-likeness (QED) is 0.883. The number of rotatable bonds is 3. The number of hydrogen-bond donors (Lipinski definition) is 1.